The Bertz CT molecular complexity index is 1400. The van der Waals surface area contributed by atoms with E-state index in [2.05, 4.69) is 4.98 Å². The van der Waals surface area contributed by atoms with Gasteiger partial charge >= 0.3 is 0 Å². The number of aliphatic hydroxyl groups excluding tert-OH is 2. The molecular weight excluding hydrogens is 466 g/mol. The van der Waals surface area contributed by atoms with Crippen molar-refractivity contribution in [1.29, 1.82) is 0 Å². The molecule has 0 unspecified atom stereocenters. The zero-order valence-corrected chi connectivity index (χ0v) is 19.6. The number of aliphatic hydroxyl groups is 3. The smallest absolute Gasteiger partial charge is 0.255 e. The first kappa shape index (κ1) is 23.7. The Labute approximate surface area is 206 Å². The molecule has 1 aromatic heterocycles. The van der Waals surface area contributed by atoms with Gasteiger partial charge in [-0.3, -0.25) is 24.3 Å². The second-order valence-corrected chi connectivity index (χ2v) is 9.68. The summed E-state index contributed by atoms with van der Waals surface area (Å²) in [4.78, 5) is 44.6. The highest BCUT2D eigenvalue weighted by Gasteiger charge is 2.63. The van der Waals surface area contributed by atoms with Crippen LogP contribution in [0.1, 0.15) is 22.3 Å². The Hall–Kier alpha value is -4.02. The summed E-state index contributed by atoms with van der Waals surface area (Å²) in [6.45, 7) is 0. The monoisotopic (exact) mass is 491 g/mol. The second-order valence-electron chi connectivity index (χ2n) is 9.68. The van der Waals surface area contributed by atoms with E-state index in [1.165, 1.54) is 11.0 Å². The fraction of sp³-hybridized carbons (Fsp3) is 0.308. The molecule has 186 valence electrons. The highest BCUT2D eigenvalue weighted by Crippen LogP contribution is 2.53. The van der Waals surface area contributed by atoms with Crippen molar-refractivity contribution in [3.8, 4) is 16.9 Å². The van der Waals surface area contributed by atoms with Crippen LogP contribution in [0.3, 0.4) is 0 Å². The molecule has 5 rings (SSSR count). The van der Waals surface area contributed by atoms with Gasteiger partial charge in [0.25, 0.3) is 5.91 Å². The van der Waals surface area contributed by atoms with Crippen LogP contribution in [0.15, 0.2) is 59.3 Å². The maximum absolute atomic E-state index is 13.7. The molecule has 0 spiro atoms. The summed E-state index contributed by atoms with van der Waals surface area (Å²) in [6.07, 6.45) is 3.48. The van der Waals surface area contributed by atoms with Gasteiger partial charge < -0.3 is 26.2 Å². The summed E-state index contributed by atoms with van der Waals surface area (Å²) in [5.74, 6) is -6.69. The van der Waals surface area contributed by atoms with E-state index in [0.717, 1.165) is 5.56 Å². The number of fused-ring (bicyclic) bond motifs is 3. The number of phenolic OH excluding ortho intramolecular Hbond substituents is 1. The van der Waals surface area contributed by atoms with Crippen LogP contribution in [0, 0.1) is 11.8 Å². The number of carbonyl (C=O) groups is 3. The quantitative estimate of drug-likeness (QED) is 0.395. The van der Waals surface area contributed by atoms with Crippen LogP contribution in [-0.4, -0.2) is 73.5 Å². The maximum Gasteiger partial charge on any atom is 0.255 e. The average Bonchev–Trinajstić information content (AvgIpc) is 2.81. The fourth-order valence-corrected chi connectivity index (χ4v) is 6.05. The first-order valence-corrected chi connectivity index (χ1v) is 11.4. The number of carbonyl (C=O) groups excluding carboxylic acids is 3. The minimum Gasteiger partial charge on any atom is -0.510 e. The molecule has 36 heavy (non-hydrogen) atoms. The molecular formula is C26H25N3O7. The zero-order chi connectivity index (χ0) is 26.1. The summed E-state index contributed by atoms with van der Waals surface area (Å²) < 4.78 is 0. The van der Waals surface area contributed by atoms with E-state index in [1.54, 1.807) is 44.7 Å². The lowest BCUT2D eigenvalue weighted by Crippen LogP contribution is -2.63. The third kappa shape index (κ3) is 3.04. The third-order valence-electron chi connectivity index (χ3n) is 7.60. The van der Waals surface area contributed by atoms with Gasteiger partial charge in [0.2, 0.25) is 5.78 Å². The van der Waals surface area contributed by atoms with E-state index >= 15 is 0 Å². The number of nitrogens with two attached hydrogens (primary N) is 1. The Morgan fingerprint density at radius 2 is 1.78 bits per heavy atom. The number of primary amides is 1. The highest BCUT2D eigenvalue weighted by atomic mass is 16.3. The molecule has 1 aromatic carbocycles. The zero-order valence-electron chi connectivity index (χ0n) is 19.6. The standard InChI is InChI=1S/C26H25N3O7/c1-29(2)20-15-10-12-9-14-13(11-5-7-28-8-6-11)3-4-16(30)18(14)21(31)17(12)23(33)26(15,36)24(34)19(22(20)32)25(27)35/h3-8,12,15,20,30,32-33,36H,9-10H2,1-2H3,(H2,27,35)/t12-,15+,20-,26+/m1/s1. The molecule has 1 amide bonds. The molecule has 3 aliphatic rings. The van der Waals surface area contributed by atoms with Crippen molar-refractivity contribution in [1.82, 2.24) is 9.88 Å². The molecule has 3 aliphatic carbocycles. The minimum atomic E-state index is -2.65. The number of phenols is 1. The molecule has 0 saturated carbocycles. The van der Waals surface area contributed by atoms with Gasteiger partial charge in [-0.05, 0) is 67.7 Å². The summed E-state index contributed by atoms with van der Waals surface area (Å²) >= 11 is 0. The third-order valence-corrected chi connectivity index (χ3v) is 7.60. The number of nitrogens with zero attached hydrogens (tertiary/aromatic N) is 2. The maximum atomic E-state index is 13.7. The molecule has 4 atom stereocenters. The largest absolute Gasteiger partial charge is 0.510 e. The summed E-state index contributed by atoms with van der Waals surface area (Å²) in [5, 5.41) is 44.4. The lowest BCUT2D eigenvalue weighted by molar-refractivity contribution is -0.148. The number of amides is 1. The van der Waals surface area contributed by atoms with Crippen molar-refractivity contribution < 1.29 is 34.8 Å². The molecule has 2 aromatic rings. The molecule has 0 fully saturated rings. The van der Waals surface area contributed by atoms with E-state index in [1.807, 2.05) is 0 Å². The van der Waals surface area contributed by atoms with Gasteiger partial charge in [-0.15, -0.1) is 0 Å². The summed E-state index contributed by atoms with van der Waals surface area (Å²) in [7, 11) is 3.18. The lowest BCUT2D eigenvalue weighted by atomic mass is 9.58. The van der Waals surface area contributed by atoms with Crippen molar-refractivity contribution >= 4 is 17.5 Å². The highest BCUT2D eigenvalue weighted by molar-refractivity contribution is 6.24. The fourth-order valence-electron chi connectivity index (χ4n) is 6.05. The van der Waals surface area contributed by atoms with Crippen LogP contribution in [-0.2, 0) is 16.0 Å². The molecule has 0 bridgehead atoms. The number of aromatic hydroxyl groups is 1. The van der Waals surface area contributed by atoms with Crippen molar-refractivity contribution in [2.24, 2.45) is 17.6 Å². The van der Waals surface area contributed by atoms with Gasteiger partial charge in [-0.2, -0.15) is 0 Å². The van der Waals surface area contributed by atoms with Gasteiger partial charge in [0.15, 0.2) is 11.4 Å². The van der Waals surface area contributed by atoms with Crippen molar-refractivity contribution in [3.63, 3.8) is 0 Å². The number of aromatic nitrogens is 1. The Kier molecular flexibility index (Phi) is 5.27. The number of pyridine rings is 1. The van der Waals surface area contributed by atoms with Crippen LogP contribution in [0.4, 0.5) is 0 Å². The Balaban J connectivity index is 1.73. The predicted molar refractivity (Wildman–Crippen MR) is 127 cm³/mol. The minimum absolute atomic E-state index is 0.0231. The van der Waals surface area contributed by atoms with Crippen LogP contribution >= 0.6 is 0 Å². The van der Waals surface area contributed by atoms with Crippen LogP contribution in [0.25, 0.3) is 11.1 Å². The summed E-state index contributed by atoms with van der Waals surface area (Å²) in [6, 6.07) is 5.60. The van der Waals surface area contributed by atoms with E-state index in [4.69, 9.17) is 5.73 Å². The number of ketones is 2. The number of rotatable bonds is 3. The number of Topliss-reactive ketones (excluding diaryl/α,β-unsaturated/α-hetero) is 2. The van der Waals surface area contributed by atoms with Gasteiger partial charge in [-0.1, -0.05) is 6.07 Å². The number of benzene rings is 1. The number of allylic oxidation sites excluding steroid dienone is 1. The Morgan fingerprint density at radius 1 is 1.11 bits per heavy atom. The SMILES string of the molecule is CN(C)[C@H]1C(O)=C(C(N)=O)C(=O)[C@@]2(O)C(O)=C3C(=O)c4c(O)ccc(-c5ccncc5)c4C[C@@H]3C[C@@H]12. The molecule has 10 nitrogen and oxygen atoms in total. The first-order chi connectivity index (χ1) is 17.0. The lowest BCUT2D eigenvalue weighted by Gasteiger charge is -2.50. The molecule has 0 saturated heterocycles. The van der Waals surface area contributed by atoms with E-state index in [-0.39, 0.29) is 29.7 Å². The van der Waals surface area contributed by atoms with Crippen molar-refractivity contribution in [2.75, 3.05) is 14.1 Å². The normalized spacial score (nSPS) is 27.6. The van der Waals surface area contributed by atoms with E-state index in [0.29, 0.717) is 11.1 Å². The van der Waals surface area contributed by atoms with Crippen molar-refractivity contribution in [3.05, 3.63) is 70.5 Å². The topological polar surface area (TPSA) is 174 Å². The molecule has 6 N–H and O–H groups in total. The number of hydrogen-bond acceptors (Lipinski definition) is 9. The van der Waals surface area contributed by atoms with Gasteiger partial charge in [0, 0.05) is 23.9 Å². The van der Waals surface area contributed by atoms with Gasteiger partial charge in [-0.25, -0.2) is 0 Å². The van der Waals surface area contributed by atoms with Crippen LogP contribution in [0.2, 0.25) is 0 Å². The second kappa shape index (κ2) is 8.00. The van der Waals surface area contributed by atoms with E-state index < -0.39 is 58.0 Å². The molecule has 10 heteroatoms. The van der Waals surface area contributed by atoms with Crippen LogP contribution < -0.4 is 5.73 Å². The van der Waals surface area contributed by atoms with Crippen molar-refractivity contribution in [2.45, 2.75) is 24.5 Å². The van der Waals surface area contributed by atoms with Gasteiger partial charge in [0.1, 0.15) is 22.8 Å². The van der Waals surface area contributed by atoms with Gasteiger partial charge in [0.05, 0.1) is 11.6 Å². The van der Waals surface area contributed by atoms with Crippen LogP contribution in [0.5, 0.6) is 5.75 Å². The summed E-state index contributed by atoms with van der Waals surface area (Å²) in [5.41, 5.74) is 3.72. The number of likely N-dealkylation sites (N-methyl/N-ethyl adjacent to an activating group) is 1. The molecule has 1 heterocycles. The number of hydrogen-bond donors (Lipinski definition) is 5. The Morgan fingerprint density at radius 3 is 2.39 bits per heavy atom. The van der Waals surface area contributed by atoms with E-state index in [9.17, 15) is 34.8 Å². The molecule has 0 radical (unpaired) electrons. The first-order valence-electron chi connectivity index (χ1n) is 11.4. The average molecular weight is 492 g/mol. The predicted octanol–water partition coefficient (Wildman–Crippen LogP) is 1.18. The molecule has 0 aliphatic heterocycles.